The van der Waals surface area contributed by atoms with Crippen LogP contribution in [0.15, 0.2) is 0 Å². The van der Waals surface area contributed by atoms with Crippen LogP contribution in [0.25, 0.3) is 0 Å². The largest absolute Gasteiger partial charge is 0.481 e. The average molecular weight is 318 g/mol. The van der Waals surface area contributed by atoms with E-state index in [9.17, 15) is 13.8 Å². The molecule has 122 valence electrons. The maximum Gasteiger partial charge on any atom is 0.314 e. The molecule has 0 radical (unpaired) electrons. The molecule has 0 spiro atoms. The highest BCUT2D eigenvalue weighted by molar-refractivity contribution is 7.84. The Morgan fingerprint density at radius 1 is 1.24 bits per heavy atom. The molecule has 3 N–H and O–H groups in total. The van der Waals surface area contributed by atoms with E-state index in [4.69, 9.17) is 5.11 Å². The average Bonchev–Trinajstić information content (AvgIpc) is 2.42. The quantitative estimate of drug-likeness (QED) is 0.662. The highest BCUT2D eigenvalue weighted by Crippen LogP contribution is 2.38. The summed E-state index contributed by atoms with van der Waals surface area (Å²) in [5.74, 6) is -0.811. The summed E-state index contributed by atoms with van der Waals surface area (Å²) in [5.41, 5.74) is -0.319. The van der Waals surface area contributed by atoms with Crippen LogP contribution < -0.4 is 10.6 Å². The van der Waals surface area contributed by atoms with Gasteiger partial charge < -0.3 is 15.7 Å². The molecule has 7 heteroatoms. The number of carboxylic acid groups (broad SMARTS) is 1. The van der Waals surface area contributed by atoms with Crippen molar-refractivity contribution in [2.24, 2.45) is 5.41 Å². The van der Waals surface area contributed by atoms with Crippen molar-refractivity contribution in [3.8, 4) is 0 Å². The number of amides is 2. The molecule has 0 heterocycles. The van der Waals surface area contributed by atoms with Gasteiger partial charge in [-0.3, -0.25) is 9.00 Å². The number of carbonyl (C=O) groups is 2. The molecule has 21 heavy (non-hydrogen) atoms. The Kier molecular flexibility index (Phi) is 7.14. The second-order valence-corrected chi connectivity index (χ2v) is 7.81. The van der Waals surface area contributed by atoms with Gasteiger partial charge in [0.05, 0.1) is 6.42 Å². The molecule has 2 unspecified atom stereocenters. The summed E-state index contributed by atoms with van der Waals surface area (Å²) in [6.07, 6.45) is 6.55. The number of aliphatic carboxylic acids is 1. The molecule has 1 fully saturated rings. The lowest BCUT2D eigenvalue weighted by atomic mass is 9.72. The van der Waals surface area contributed by atoms with Crippen molar-refractivity contribution < 1.29 is 18.9 Å². The number of nitrogens with one attached hydrogen (secondary N) is 2. The van der Waals surface area contributed by atoms with Crippen LogP contribution in [-0.2, 0) is 15.6 Å². The highest BCUT2D eigenvalue weighted by atomic mass is 32.2. The Morgan fingerprint density at radius 2 is 1.86 bits per heavy atom. The van der Waals surface area contributed by atoms with Gasteiger partial charge in [-0.15, -0.1) is 0 Å². The van der Waals surface area contributed by atoms with Crippen LogP contribution in [0.1, 0.15) is 45.4 Å². The molecule has 1 aliphatic rings. The molecule has 0 aliphatic heterocycles. The van der Waals surface area contributed by atoms with E-state index in [1.54, 1.807) is 6.26 Å². The lowest BCUT2D eigenvalue weighted by molar-refractivity contribution is -0.140. The van der Waals surface area contributed by atoms with Crippen molar-refractivity contribution in [3.05, 3.63) is 0 Å². The molecule has 0 bridgehead atoms. The minimum atomic E-state index is -0.971. The van der Waals surface area contributed by atoms with Gasteiger partial charge >= 0.3 is 12.0 Å². The van der Waals surface area contributed by atoms with Gasteiger partial charge in [-0.25, -0.2) is 4.79 Å². The lowest BCUT2D eigenvalue weighted by Gasteiger charge is -2.36. The Balaban J connectivity index is 2.43. The highest BCUT2D eigenvalue weighted by Gasteiger charge is 2.34. The predicted octanol–water partition coefficient (Wildman–Crippen LogP) is 1.48. The summed E-state index contributed by atoms with van der Waals surface area (Å²) in [5, 5.41) is 14.4. The summed E-state index contributed by atoms with van der Waals surface area (Å²) in [4.78, 5) is 22.8. The molecule has 0 saturated heterocycles. The van der Waals surface area contributed by atoms with Crippen LogP contribution in [0.2, 0.25) is 0 Å². The van der Waals surface area contributed by atoms with Crippen LogP contribution >= 0.6 is 0 Å². The smallest absolute Gasteiger partial charge is 0.314 e. The standard InChI is InChI=1S/C14H26N2O4S/c1-11(21(2)20)9-15-13(19)16-10-14(8-12(17)18)6-4-3-5-7-14/h11H,3-10H2,1-2H3,(H,17,18)(H2,15,16,19). The lowest BCUT2D eigenvalue weighted by Crippen LogP contribution is -2.46. The van der Waals surface area contributed by atoms with Gasteiger partial charge in [-0.2, -0.15) is 0 Å². The molecule has 1 rings (SSSR count). The van der Waals surface area contributed by atoms with Crippen LogP contribution in [-0.4, -0.2) is 45.9 Å². The molecule has 6 nitrogen and oxygen atoms in total. The Morgan fingerprint density at radius 3 is 2.38 bits per heavy atom. The van der Waals surface area contributed by atoms with Gasteiger partial charge in [0.2, 0.25) is 0 Å². The Bertz CT molecular complexity index is 394. The Hall–Kier alpha value is -1.11. The van der Waals surface area contributed by atoms with Crippen molar-refractivity contribution in [2.75, 3.05) is 19.3 Å². The summed E-state index contributed by atoms with van der Waals surface area (Å²) in [6.45, 7) is 2.54. The number of carboxylic acids is 1. The molecule has 0 aromatic heterocycles. The van der Waals surface area contributed by atoms with E-state index in [1.807, 2.05) is 6.92 Å². The van der Waals surface area contributed by atoms with Crippen molar-refractivity contribution >= 4 is 22.8 Å². The molecule has 1 aliphatic carbocycles. The fraction of sp³-hybridized carbons (Fsp3) is 0.857. The fourth-order valence-electron chi connectivity index (χ4n) is 2.72. The number of carbonyl (C=O) groups excluding carboxylic acids is 1. The number of rotatable bonds is 7. The zero-order chi connectivity index (χ0) is 15.9. The van der Waals surface area contributed by atoms with Gasteiger partial charge in [0.25, 0.3) is 0 Å². The van der Waals surface area contributed by atoms with Gasteiger partial charge in [-0.05, 0) is 25.2 Å². The molecule has 0 aromatic rings. The second kappa shape index (κ2) is 8.36. The van der Waals surface area contributed by atoms with E-state index in [0.29, 0.717) is 13.1 Å². The predicted molar refractivity (Wildman–Crippen MR) is 82.7 cm³/mol. The van der Waals surface area contributed by atoms with Crippen molar-refractivity contribution in [2.45, 2.75) is 50.7 Å². The second-order valence-electron chi connectivity index (χ2n) is 6.00. The van der Waals surface area contributed by atoms with Crippen LogP contribution in [0, 0.1) is 5.41 Å². The van der Waals surface area contributed by atoms with Gasteiger partial charge in [-0.1, -0.05) is 19.3 Å². The summed E-state index contributed by atoms with van der Waals surface area (Å²) >= 11 is 0. The van der Waals surface area contributed by atoms with Gasteiger partial charge in [0.15, 0.2) is 0 Å². The van der Waals surface area contributed by atoms with E-state index in [2.05, 4.69) is 10.6 Å². The number of hydrogen-bond donors (Lipinski definition) is 3. The monoisotopic (exact) mass is 318 g/mol. The van der Waals surface area contributed by atoms with E-state index in [0.717, 1.165) is 32.1 Å². The molecule has 0 aromatic carbocycles. The van der Waals surface area contributed by atoms with Crippen molar-refractivity contribution in [1.82, 2.24) is 10.6 Å². The molecule has 2 amide bonds. The zero-order valence-corrected chi connectivity index (χ0v) is 13.6. The SMILES string of the molecule is CC(CNC(=O)NCC1(CC(=O)O)CCCCC1)S(C)=O. The van der Waals surface area contributed by atoms with Crippen LogP contribution in [0.5, 0.6) is 0 Å². The zero-order valence-electron chi connectivity index (χ0n) is 12.8. The van der Waals surface area contributed by atoms with E-state index < -0.39 is 16.8 Å². The van der Waals surface area contributed by atoms with E-state index in [-0.39, 0.29) is 23.1 Å². The number of hydrogen-bond acceptors (Lipinski definition) is 3. The minimum absolute atomic E-state index is 0.0987. The third-order valence-electron chi connectivity index (χ3n) is 4.18. The molecule has 1 saturated carbocycles. The van der Waals surface area contributed by atoms with E-state index >= 15 is 0 Å². The normalized spacial score (nSPS) is 20.3. The van der Waals surface area contributed by atoms with Gasteiger partial charge in [0.1, 0.15) is 0 Å². The first-order valence-corrected chi connectivity index (χ1v) is 9.02. The maximum atomic E-state index is 11.8. The summed E-state index contributed by atoms with van der Waals surface area (Å²) in [6, 6.07) is -0.317. The summed E-state index contributed by atoms with van der Waals surface area (Å²) in [7, 11) is -0.971. The number of urea groups is 1. The topological polar surface area (TPSA) is 95.5 Å². The fourth-order valence-corrected chi connectivity index (χ4v) is 3.04. The van der Waals surface area contributed by atoms with Crippen molar-refractivity contribution in [3.63, 3.8) is 0 Å². The van der Waals surface area contributed by atoms with Crippen LogP contribution in [0.4, 0.5) is 4.79 Å². The maximum absolute atomic E-state index is 11.8. The first kappa shape index (κ1) is 17.9. The minimum Gasteiger partial charge on any atom is -0.481 e. The van der Waals surface area contributed by atoms with Crippen molar-refractivity contribution in [1.29, 1.82) is 0 Å². The molecule has 2 atom stereocenters. The molecular formula is C14H26N2O4S. The summed E-state index contributed by atoms with van der Waals surface area (Å²) < 4.78 is 11.2. The first-order chi connectivity index (χ1) is 9.84. The first-order valence-electron chi connectivity index (χ1n) is 7.40. The van der Waals surface area contributed by atoms with E-state index in [1.165, 1.54) is 0 Å². The van der Waals surface area contributed by atoms with Crippen LogP contribution in [0.3, 0.4) is 0 Å². The third-order valence-corrected chi connectivity index (χ3v) is 5.48. The molecular weight excluding hydrogens is 292 g/mol. The van der Waals surface area contributed by atoms with Gasteiger partial charge in [0, 0.05) is 35.4 Å². The Labute approximate surface area is 128 Å². The third kappa shape index (κ3) is 6.46.